The number of morpholine rings is 1. The smallest absolute Gasteiger partial charge is 0.326 e. The second kappa shape index (κ2) is 9.66. The van der Waals surface area contributed by atoms with Crippen molar-refractivity contribution in [1.82, 2.24) is 29.5 Å². The van der Waals surface area contributed by atoms with Gasteiger partial charge in [-0.15, -0.1) is 0 Å². The van der Waals surface area contributed by atoms with Crippen molar-refractivity contribution in [2.45, 2.75) is 44.9 Å². The number of aromatic amines is 2. The summed E-state index contributed by atoms with van der Waals surface area (Å²) < 4.78 is 22.5. The van der Waals surface area contributed by atoms with Crippen molar-refractivity contribution in [2.75, 3.05) is 18.4 Å². The van der Waals surface area contributed by atoms with E-state index in [0.717, 1.165) is 12.8 Å². The number of imidazole rings is 1. The second-order valence-corrected chi connectivity index (χ2v) is 9.97. The molecule has 2 atom stereocenters. The van der Waals surface area contributed by atoms with Gasteiger partial charge in [0, 0.05) is 29.9 Å². The third kappa shape index (κ3) is 5.12. The second-order valence-electron chi connectivity index (χ2n) is 9.97. The first kappa shape index (κ1) is 24.8. The van der Waals surface area contributed by atoms with Gasteiger partial charge in [-0.2, -0.15) is 9.61 Å². The number of nitrogens with zero attached hydrogens (tertiary/aromatic N) is 5. The highest BCUT2D eigenvalue weighted by Crippen LogP contribution is 2.24. The van der Waals surface area contributed by atoms with Crippen LogP contribution in [0.15, 0.2) is 40.2 Å². The quantitative estimate of drug-likeness (QED) is 0.300. The Morgan fingerprint density at radius 2 is 2.00 bits per heavy atom. The number of ether oxygens (including phenoxy) is 1. The number of nitrogens with one attached hydrogen (secondary N) is 3. The summed E-state index contributed by atoms with van der Waals surface area (Å²) in [7, 11) is 0. The lowest BCUT2D eigenvalue weighted by atomic mass is 10.1. The Hall–Kier alpha value is -4.52. The summed E-state index contributed by atoms with van der Waals surface area (Å²) in [6.45, 7) is 4.70. The average molecular weight is 535 g/mol. The van der Waals surface area contributed by atoms with E-state index in [-0.39, 0.29) is 47.0 Å². The van der Waals surface area contributed by atoms with E-state index in [9.17, 15) is 14.7 Å². The Kier molecular flexibility index (Phi) is 6.14. The Morgan fingerprint density at radius 1 is 1.23 bits per heavy atom. The number of hydrogen-bond acceptors (Lipinski definition) is 8. The minimum absolute atomic E-state index is 0.0909. The van der Waals surface area contributed by atoms with E-state index in [1.165, 1.54) is 24.4 Å². The van der Waals surface area contributed by atoms with Crippen LogP contribution in [0.2, 0.25) is 0 Å². The van der Waals surface area contributed by atoms with Crippen LogP contribution < -0.4 is 21.7 Å². The number of rotatable bonds is 5. The molecule has 39 heavy (non-hydrogen) atoms. The summed E-state index contributed by atoms with van der Waals surface area (Å²) >= 11 is 0. The Bertz CT molecular complexity index is 1750. The van der Waals surface area contributed by atoms with Crippen LogP contribution in [0.1, 0.15) is 42.7 Å². The summed E-state index contributed by atoms with van der Waals surface area (Å²) in [5.41, 5.74) is 0.932. The minimum atomic E-state index is -0.604. The molecule has 13 heteroatoms. The molecule has 1 aliphatic heterocycles. The van der Waals surface area contributed by atoms with E-state index in [1.54, 1.807) is 21.5 Å². The lowest BCUT2D eigenvalue weighted by Gasteiger charge is -2.35. The summed E-state index contributed by atoms with van der Waals surface area (Å²) in [6, 6.07) is 6.15. The SMILES string of the molecule is C[C@@H]1CN(C(=O)c2ccc(Nc3cc(=NC4CC4)n4ncc(=Cc5[nH]c(=O)[nH]c5O)c4n3)c(F)c2)C[C@H](C)O1. The molecule has 0 unspecified atom stereocenters. The lowest BCUT2D eigenvalue weighted by Crippen LogP contribution is -2.48. The summed E-state index contributed by atoms with van der Waals surface area (Å²) in [5, 5.41) is 17.8. The predicted octanol–water partition coefficient (Wildman–Crippen LogP) is 1.19. The maximum atomic E-state index is 15.2. The number of halogens is 1. The predicted molar refractivity (Wildman–Crippen MR) is 139 cm³/mol. The number of anilines is 2. The fourth-order valence-corrected chi connectivity index (χ4v) is 4.67. The molecule has 0 spiro atoms. The molecule has 1 saturated carbocycles. The minimum Gasteiger partial charge on any atom is -0.493 e. The standard InChI is InChI=1S/C26H27FN8O4/c1-13-11-34(12-14(2)39-13)25(37)15-3-6-19(18(27)7-15)30-21-9-22(29-17-4-5-17)35-23(32-21)16(10-28-35)8-20-24(36)33-26(38)31-20/h3,6-10,13-14,17,30,36H,4-5,11-12H2,1-2H3,(H2,31,33,38)/t13-,14+. The van der Waals surface area contributed by atoms with E-state index >= 15 is 4.39 Å². The molecule has 1 aliphatic carbocycles. The highest BCUT2D eigenvalue weighted by atomic mass is 19.1. The van der Waals surface area contributed by atoms with Crippen molar-refractivity contribution < 1.29 is 19.0 Å². The first-order valence-electron chi connectivity index (χ1n) is 12.7. The third-order valence-corrected chi connectivity index (χ3v) is 6.56. The molecule has 4 aromatic rings. The van der Waals surface area contributed by atoms with Crippen LogP contribution in [0.4, 0.5) is 15.9 Å². The molecular formula is C26H27FN8O4. The first-order chi connectivity index (χ1) is 18.7. The van der Waals surface area contributed by atoms with Crippen molar-refractivity contribution in [1.29, 1.82) is 0 Å². The normalized spacial score (nSPS) is 20.6. The van der Waals surface area contributed by atoms with Crippen LogP contribution in [0.25, 0.3) is 11.7 Å². The van der Waals surface area contributed by atoms with Gasteiger partial charge < -0.3 is 25.0 Å². The van der Waals surface area contributed by atoms with E-state index in [4.69, 9.17) is 9.73 Å². The van der Waals surface area contributed by atoms with Crippen molar-refractivity contribution in [3.8, 4) is 5.88 Å². The lowest BCUT2D eigenvalue weighted by molar-refractivity contribution is -0.0586. The van der Waals surface area contributed by atoms with Gasteiger partial charge in [-0.05, 0) is 51.0 Å². The van der Waals surface area contributed by atoms with E-state index in [1.807, 2.05) is 13.8 Å². The summed E-state index contributed by atoms with van der Waals surface area (Å²) in [6.07, 6.45) is 4.82. The van der Waals surface area contributed by atoms with Gasteiger partial charge in [0.2, 0.25) is 5.88 Å². The van der Waals surface area contributed by atoms with Crippen LogP contribution in [0.5, 0.6) is 5.88 Å². The highest BCUT2D eigenvalue weighted by Gasteiger charge is 2.27. The average Bonchev–Trinajstić information content (AvgIpc) is 3.52. The Morgan fingerprint density at radius 3 is 2.67 bits per heavy atom. The molecule has 1 amide bonds. The topological polar surface area (TPSA) is 153 Å². The summed E-state index contributed by atoms with van der Waals surface area (Å²) in [4.78, 5) is 40.3. The van der Waals surface area contributed by atoms with Crippen LogP contribution in [-0.4, -0.2) is 71.8 Å². The van der Waals surface area contributed by atoms with Gasteiger partial charge in [0.15, 0.2) is 11.1 Å². The molecule has 3 aromatic heterocycles. The third-order valence-electron chi connectivity index (χ3n) is 6.56. The molecule has 12 nitrogen and oxygen atoms in total. The van der Waals surface area contributed by atoms with Gasteiger partial charge in [-0.3, -0.25) is 14.8 Å². The van der Waals surface area contributed by atoms with Crippen molar-refractivity contribution >= 4 is 29.1 Å². The number of fused-ring (bicyclic) bond motifs is 1. The fraction of sp³-hybridized carbons (Fsp3) is 0.346. The zero-order valence-corrected chi connectivity index (χ0v) is 21.3. The summed E-state index contributed by atoms with van der Waals surface area (Å²) in [5.74, 6) is -0.849. The first-order valence-corrected chi connectivity index (χ1v) is 12.7. The van der Waals surface area contributed by atoms with Crippen LogP contribution in [0, 0.1) is 5.82 Å². The van der Waals surface area contributed by atoms with Crippen molar-refractivity contribution in [2.24, 2.45) is 4.99 Å². The maximum absolute atomic E-state index is 15.2. The number of aromatic nitrogens is 5. The highest BCUT2D eigenvalue weighted by molar-refractivity contribution is 5.94. The van der Waals surface area contributed by atoms with Gasteiger partial charge >= 0.3 is 5.69 Å². The Balaban J connectivity index is 1.34. The Labute approximate surface area is 220 Å². The molecule has 1 saturated heterocycles. The van der Waals surface area contributed by atoms with Crippen LogP contribution in [-0.2, 0) is 4.74 Å². The van der Waals surface area contributed by atoms with Gasteiger partial charge in [0.05, 0.1) is 30.1 Å². The van der Waals surface area contributed by atoms with Gasteiger partial charge in [0.25, 0.3) is 5.91 Å². The number of hydrogen-bond donors (Lipinski definition) is 4. The largest absolute Gasteiger partial charge is 0.493 e. The molecule has 202 valence electrons. The maximum Gasteiger partial charge on any atom is 0.326 e. The molecular weight excluding hydrogens is 507 g/mol. The molecule has 0 radical (unpaired) electrons. The molecule has 4 N–H and O–H groups in total. The van der Waals surface area contributed by atoms with Gasteiger partial charge in [-0.25, -0.2) is 14.2 Å². The molecule has 0 bridgehead atoms. The van der Waals surface area contributed by atoms with Crippen molar-refractivity contribution in [3.05, 3.63) is 68.7 Å². The number of H-pyrrole nitrogens is 2. The molecule has 6 rings (SSSR count). The number of aromatic hydroxyl groups is 1. The molecule has 2 aliphatic rings. The van der Waals surface area contributed by atoms with Gasteiger partial charge in [-0.1, -0.05) is 0 Å². The zero-order chi connectivity index (χ0) is 27.3. The monoisotopic (exact) mass is 534 g/mol. The van der Waals surface area contributed by atoms with E-state index < -0.39 is 11.5 Å². The van der Waals surface area contributed by atoms with Gasteiger partial charge in [0.1, 0.15) is 17.3 Å². The van der Waals surface area contributed by atoms with Crippen molar-refractivity contribution in [3.63, 3.8) is 0 Å². The molecule has 2 fully saturated rings. The van der Waals surface area contributed by atoms with Crippen LogP contribution >= 0.6 is 0 Å². The van der Waals surface area contributed by atoms with E-state index in [2.05, 4.69) is 25.4 Å². The molecule has 4 heterocycles. The number of amides is 1. The molecule has 1 aromatic carbocycles. The number of carbonyl (C=O) groups excluding carboxylic acids is 1. The number of benzene rings is 1. The zero-order valence-electron chi connectivity index (χ0n) is 21.3. The number of carbonyl (C=O) groups is 1. The van der Waals surface area contributed by atoms with Crippen LogP contribution in [0.3, 0.4) is 0 Å². The fourth-order valence-electron chi connectivity index (χ4n) is 4.67. The van der Waals surface area contributed by atoms with E-state index in [0.29, 0.717) is 35.3 Å².